The van der Waals surface area contributed by atoms with Gasteiger partial charge in [-0.2, -0.15) is 0 Å². The average Bonchev–Trinajstić information content (AvgIpc) is 2.11. The molecule has 1 aromatic rings. The minimum absolute atomic E-state index is 0.180. The smallest absolute Gasteiger partial charge is 0.172 e. The first-order valence-corrected chi connectivity index (χ1v) is 5.90. The predicted molar refractivity (Wildman–Crippen MR) is 62.3 cm³/mol. The molecule has 0 saturated carbocycles. The Morgan fingerprint density at radius 1 is 1.60 bits per heavy atom. The van der Waals surface area contributed by atoms with Crippen LogP contribution in [0.15, 0.2) is 16.6 Å². The van der Waals surface area contributed by atoms with Crippen molar-refractivity contribution in [3.63, 3.8) is 0 Å². The summed E-state index contributed by atoms with van der Waals surface area (Å²) in [5.74, 6) is 0.732. The molecular formula is C11H14BrNO2. The Kier molecular flexibility index (Phi) is 3.17. The molecule has 1 saturated heterocycles. The van der Waals surface area contributed by atoms with E-state index in [-0.39, 0.29) is 5.75 Å². The van der Waals surface area contributed by atoms with Gasteiger partial charge in [-0.3, -0.25) is 0 Å². The molecule has 1 atom stereocenters. The molecule has 15 heavy (non-hydrogen) atoms. The Balaban J connectivity index is 2.31. The highest BCUT2D eigenvalue weighted by Gasteiger charge is 2.21. The molecule has 1 aromatic carbocycles. The van der Waals surface area contributed by atoms with Crippen LogP contribution in [0.5, 0.6) is 11.5 Å². The third-order valence-corrected chi connectivity index (χ3v) is 3.18. The Hall–Kier alpha value is -0.740. The first kappa shape index (κ1) is 10.8. The van der Waals surface area contributed by atoms with E-state index in [0.29, 0.717) is 22.9 Å². The van der Waals surface area contributed by atoms with Gasteiger partial charge in [0.25, 0.3) is 0 Å². The fourth-order valence-corrected chi connectivity index (χ4v) is 2.09. The van der Waals surface area contributed by atoms with Crippen molar-refractivity contribution in [1.82, 2.24) is 5.32 Å². The van der Waals surface area contributed by atoms with E-state index in [1.807, 2.05) is 19.1 Å². The van der Waals surface area contributed by atoms with Gasteiger partial charge >= 0.3 is 0 Å². The molecule has 2 rings (SSSR count). The van der Waals surface area contributed by atoms with Gasteiger partial charge in [0, 0.05) is 6.04 Å². The second-order valence-corrected chi connectivity index (χ2v) is 4.43. The quantitative estimate of drug-likeness (QED) is 0.888. The topological polar surface area (TPSA) is 41.5 Å². The largest absolute Gasteiger partial charge is 0.503 e. The lowest BCUT2D eigenvalue weighted by molar-refractivity contribution is 0.314. The first-order chi connectivity index (χ1) is 7.22. The number of phenolic OH excluding ortho intramolecular Hbond substituents is 1. The third kappa shape index (κ3) is 2.11. The molecule has 1 heterocycles. The van der Waals surface area contributed by atoms with Crippen LogP contribution >= 0.6 is 15.9 Å². The molecule has 3 nitrogen and oxygen atoms in total. The van der Waals surface area contributed by atoms with E-state index in [0.717, 1.165) is 18.5 Å². The lowest BCUT2D eigenvalue weighted by Crippen LogP contribution is -2.34. The van der Waals surface area contributed by atoms with Crippen LogP contribution in [0.3, 0.4) is 0 Å². The second kappa shape index (κ2) is 4.41. The monoisotopic (exact) mass is 271 g/mol. The summed E-state index contributed by atoms with van der Waals surface area (Å²) in [7, 11) is 0. The van der Waals surface area contributed by atoms with Gasteiger partial charge < -0.3 is 15.2 Å². The molecule has 2 N–H and O–H groups in total. The molecule has 1 unspecified atom stereocenters. The standard InChI is InChI=1S/C11H14BrNO2/c1-2-15-10-6-7(9-3-4-13-9)5-8(12)11(10)14/h5-6,9,13-14H,2-4H2,1H3. The van der Waals surface area contributed by atoms with Crippen molar-refractivity contribution in [2.24, 2.45) is 0 Å². The Labute approximate surface area is 97.6 Å². The highest BCUT2D eigenvalue weighted by atomic mass is 79.9. The number of rotatable bonds is 3. The fraction of sp³-hybridized carbons (Fsp3) is 0.455. The normalized spacial score (nSPS) is 19.7. The van der Waals surface area contributed by atoms with Crippen molar-refractivity contribution in [1.29, 1.82) is 0 Å². The molecule has 1 fully saturated rings. The average molecular weight is 272 g/mol. The van der Waals surface area contributed by atoms with Crippen LogP contribution in [0, 0.1) is 0 Å². The van der Waals surface area contributed by atoms with Crippen LogP contribution in [-0.4, -0.2) is 18.3 Å². The fourth-order valence-electron chi connectivity index (χ4n) is 1.63. The summed E-state index contributed by atoms with van der Waals surface area (Å²) in [6.07, 6.45) is 1.14. The molecule has 4 heteroatoms. The molecule has 0 amide bonds. The molecule has 0 aliphatic carbocycles. The van der Waals surface area contributed by atoms with Gasteiger partial charge in [0.2, 0.25) is 0 Å². The molecule has 0 spiro atoms. The molecule has 1 aliphatic heterocycles. The molecule has 0 radical (unpaired) electrons. The predicted octanol–water partition coefficient (Wildman–Crippen LogP) is 2.59. The second-order valence-electron chi connectivity index (χ2n) is 3.58. The SMILES string of the molecule is CCOc1cc(C2CCN2)cc(Br)c1O. The summed E-state index contributed by atoms with van der Waals surface area (Å²) in [5.41, 5.74) is 1.16. The first-order valence-electron chi connectivity index (χ1n) is 5.11. The Morgan fingerprint density at radius 3 is 2.87 bits per heavy atom. The highest BCUT2D eigenvalue weighted by Crippen LogP contribution is 2.38. The number of hydrogen-bond acceptors (Lipinski definition) is 3. The van der Waals surface area contributed by atoms with Crippen LogP contribution in [0.1, 0.15) is 24.9 Å². The lowest BCUT2D eigenvalue weighted by atomic mass is 9.98. The van der Waals surface area contributed by atoms with Crippen molar-refractivity contribution in [3.05, 3.63) is 22.2 Å². The van der Waals surface area contributed by atoms with Gasteiger partial charge in [0.05, 0.1) is 11.1 Å². The van der Waals surface area contributed by atoms with E-state index in [9.17, 15) is 5.11 Å². The summed E-state index contributed by atoms with van der Waals surface area (Å²) in [4.78, 5) is 0. The van der Waals surface area contributed by atoms with Gasteiger partial charge in [0.1, 0.15) is 0 Å². The number of benzene rings is 1. The minimum Gasteiger partial charge on any atom is -0.503 e. The third-order valence-electron chi connectivity index (χ3n) is 2.58. The Bertz CT molecular complexity index is 364. The number of aromatic hydroxyl groups is 1. The van der Waals surface area contributed by atoms with E-state index < -0.39 is 0 Å². The number of nitrogens with one attached hydrogen (secondary N) is 1. The van der Waals surface area contributed by atoms with E-state index in [1.165, 1.54) is 0 Å². The highest BCUT2D eigenvalue weighted by molar-refractivity contribution is 9.10. The number of ether oxygens (including phenoxy) is 1. The summed E-state index contributed by atoms with van der Waals surface area (Å²) in [6.45, 7) is 3.52. The zero-order valence-corrected chi connectivity index (χ0v) is 10.2. The van der Waals surface area contributed by atoms with E-state index in [4.69, 9.17) is 4.74 Å². The molecule has 82 valence electrons. The summed E-state index contributed by atoms with van der Waals surface area (Å²) >= 11 is 3.33. The van der Waals surface area contributed by atoms with Crippen molar-refractivity contribution in [2.45, 2.75) is 19.4 Å². The maximum Gasteiger partial charge on any atom is 0.172 e. The van der Waals surface area contributed by atoms with Crippen LogP contribution in [0.2, 0.25) is 0 Å². The lowest BCUT2D eigenvalue weighted by Gasteiger charge is -2.28. The van der Waals surface area contributed by atoms with Crippen LogP contribution in [0.4, 0.5) is 0 Å². The van der Waals surface area contributed by atoms with Gasteiger partial charge in [-0.25, -0.2) is 0 Å². The van der Waals surface area contributed by atoms with Crippen molar-refractivity contribution in [3.8, 4) is 11.5 Å². The van der Waals surface area contributed by atoms with Gasteiger partial charge in [-0.1, -0.05) is 0 Å². The van der Waals surface area contributed by atoms with E-state index in [1.54, 1.807) is 0 Å². The Morgan fingerprint density at radius 2 is 2.33 bits per heavy atom. The maximum atomic E-state index is 9.73. The minimum atomic E-state index is 0.180. The van der Waals surface area contributed by atoms with E-state index in [2.05, 4.69) is 21.2 Å². The number of halogens is 1. The zero-order chi connectivity index (χ0) is 10.8. The summed E-state index contributed by atoms with van der Waals surface area (Å²) in [6, 6.07) is 4.25. The van der Waals surface area contributed by atoms with E-state index >= 15 is 0 Å². The molecular weight excluding hydrogens is 258 g/mol. The van der Waals surface area contributed by atoms with Crippen molar-refractivity contribution >= 4 is 15.9 Å². The maximum absolute atomic E-state index is 9.73. The molecule has 0 aromatic heterocycles. The molecule has 1 aliphatic rings. The van der Waals surface area contributed by atoms with Crippen LogP contribution in [-0.2, 0) is 0 Å². The van der Waals surface area contributed by atoms with Crippen LogP contribution < -0.4 is 10.1 Å². The van der Waals surface area contributed by atoms with Crippen molar-refractivity contribution < 1.29 is 9.84 Å². The number of phenols is 1. The van der Waals surface area contributed by atoms with Gasteiger partial charge in [-0.15, -0.1) is 0 Å². The summed E-state index contributed by atoms with van der Waals surface area (Å²) < 4.78 is 6.06. The number of hydrogen-bond donors (Lipinski definition) is 2. The zero-order valence-electron chi connectivity index (χ0n) is 8.59. The summed E-state index contributed by atoms with van der Waals surface area (Å²) in [5, 5.41) is 13.1. The van der Waals surface area contributed by atoms with Crippen molar-refractivity contribution in [2.75, 3.05) is 13.2 Å². The van der Waals surface area contributed by atoms with Crippen LogP contribution in [0.25, 0.3) is 0 Å². The van der Waals surface area contributed by atoms with Gasteiger partial charge in [-0.05, 0) is 53.5 Å². The molecule has 0 bridgehead atoms. The van der Waals surface area contributed by atoms with Gasteiger partial charge in [0.15, 0.2) is 11.5 Å².